The van der Waals surface area contributed by atoms with Gasteiger partial charge in [-0.15, -0.1) is 0 Å². The van der Waals surface area contributed by atoms with E-state index in [1.165, 1.54) is 48.2 Å². The average Bonchev–Trinajstić information content (AvgIpc) is 3.62. The number of nitrogens with zero attached hydrogens (tertiary/aromatic N) is 3. The Morgan fingerprint density at radius 1 is 0.254 bits per heavy atom. The van der Waals surface area contributed by atoms with Crippen molar-refractivity contribution < 1.29 is 0 Å². The van der Waals surface area contributed by atoms with Crippen LogP contribution in [0.15, 0.2) is 224 Å². The third-order valence-electron chi connectivity index (χ3n) is 11.8. The SMILES string of the molecule is c1ccc(-c2cccc(-c3nc(-c4ccc(-c5ccc6ccccc6c5)cc4)nc(-c4ccc5c(c4)[Si](c4ccccc4)(c4ccccc4)c4ccccc4-5)n3)c2)cc1. The minimum atomic E-state index is -2.72. The van der Waals surface area contributed by atoms with E-state index in [0.717, 1.165) is 33.4 Å². The van der Waals surface area contributed by atoms with Gasteiger partial charge in [0.05, 0.1) is 0 Å². The Balaban J connectivity index is 1.09. The quantitative estimate of drug-likeness (QED) is 0.152. The molecule has 0 unspecified atom stereocenters. The second-order valence-corrected chi connectivity index (χ2v) is 18.9. The van der Waals surface area contributed by atoms with Crippen molar-refractivity contribution in [2.75, 3.05) is 0 Å². The number of benzene rings is 9. The first-order valence-corrected chi connectivity index (χ1v) is 22.1. The van der Waals surface area contributed by atoms with Gasteiger partial charge in [-0.05, 0) is 77.0 Å². The van der Waals surface area contributed by atoms with Crippen molar-refractivity contribution >= 4 is 39.6 Å². The maximum Gasteiger partial charge on any atom is 0.180 e. The summed E-state index contributed by atoms with van der Waals surface area (Å²) in [7, 11) is -2.72. The van der Waals surface area contributed by atoms with E-state index in [1.807, 2.05) is 6.07 Å². The van der Waals surface area contributed by atoms with Crippen molar-refractivity contribution in [2.45, 2.75) is 0 Å². The Kier molecular flexibility index (Phi) is 8.49. The molecular weight excluding hydrogens is 731 g/mol. The highest BCUT2D eigenvalue weighted by atomic mass is 28.3. The summed E-state index contributed by atoms with van der Waals surface area (Å²) >= 11 is 0. The van der Waals surface area contributed by atoms with Crippen molar-refractivity contribution in [1.29, 1.82) is 0 Å². The summed E-state index contributed by atoms with van der Waals surface area (Å²) in [6.45, 7) is 0. The van der Waals surface area contributed by atoms with Gasteiger partial charge in [0.2, 0.25) is 0 Å². The van der Waals surface area contributed by atoms with Crippen molar-refractivity contribution in [3.05, 3.63) is 224 Å². The molecule has 0 aliphatic carbocycles. The molecule has 0 N–H and O–H groups in total. The molecule has 10 aromatic rings. The summed E-state index contributed by atoms with van der Waals surface area (Å²) in [6, 6.07) is 80.8. The van der Waals surface area contributed by atoms with E-state index >= 15 is 0 Å². The van der Waals surface area contributed by atoms with Gasteiger partial charge in [0.25, 0.3) is 0 Å². The highest BCUT2D eigenvalue weighted by Gasteiger charge is 2.48. The van der Waals surface area contributed by atoms with Crippen LogP contribution in [0.3, 0.4) is 0 Å². The van der Waals surface area contributed by atoms with Crippen molar-refractivity contribution in [1.82, 2.24) is 15.0 Å². The monoisotopic (exact) mass is 767 g/mol. The first-order valence-electron chi connectivity index (χ1n) is 20.1. The average molecular weight is 768 g/mol. The van der Waals surface area contributed by atoms with Crippen LogP contribution in [-0.2, 0) is 0 Å². The molecule has 0 amide bonds. The predicted molar refractivity (Wildman–Crippen MR) is 247 cm³/mol. The summed E-state index contributed by atoms with van der Waals surface area (Å²) < 4.78 is 0. The van der Waals surface area contributed by atoms with Crippen LogP contribution in [0, 0.1) is 0 Å². The first-order chi connectivity index (χ1) is 29.2. The summed E-state index contributed by atoms with van der Waals surface area (Å²) in [4.78, 5) is 15.8. The highest BCUT2D eigenvalue weighted by Crippen LogP contribution is 2.34. The molecular formula is C55H37N3Si. The van der Waals surface area contributed by atoms with E-state index < -0.39 is 8.07 Å². The maximum absolute atomic E-state index is 5.29. The normalized spacial score (nSPS) is 12.5. The number of aromatic nitrogens is 3. The molecule has 0 saturated heterocycles. The zero-order valence-electron chi connectivity index (χ0n) is 32.2. The Morgan fingerprint density at radius 3 is 1.42 bits per heavy atom. The van der Waals surface area contributed by atoms with Crippen molar-refractivity contribution in [3.63, 3.8) is 0 Å². The van der Waals surface area contributed by atoms with Gasteiger partial charge >= 0.3 is 0 Å². The molecule has 0 saturated carbocycles. The summed E-state index contributed by atoms with van der Waals surface area (Å²) in [5, 5.41) is 7.93. The molecule has 276 valence electrons. The Bertz CT molecular complexity index is 3110. The molecule has 3 nitrogen and oxygen atoms in total. The van der Waals surface area contributed by atoms with Crippen LogP contribution >= 0.6 is 0 Å². The smallest absolute Gasteiger partial charge is 0.180 e. The van der Waals surface area contributed by atoms with E-state index in [4.69, 9.17) is 15.0 Å². The van der Waals surface area contributed by atoms with Crippen LogP contribution in [-0.4, -0.2) is 23.0 Å². The second kappa shape index (κ2) is 14.4. The lowest BCUT2D eigenvalue weighted by Crippen LogP contribution is -2.72. The van der Waals surface area contributed by atoms with Crippen LogP contribution < -0.4 is 20.7 Å². The molecule has 2 heterocycles. The van der Waals surface area contributed by atoms with Crippen LogP contribution in [0.2, 0.25) is 0 Å². The van der Waals surface area contributed by atoms with Gasteiger partial charge in [-0.1, -0.05) is 212 Å². The zero-order chi connectivity index (χ0) is 39.2. The minimum absolute atomic E-state index is 0.638. The standard InChI is InChI=1S/C55H37N3Si/c1-4-15-38(16-5-1)43-19-14-20-45(36-43)54-56-53(41-30-27-40(28-31-41)44-32-29-39-17-10-11-18-42(39)35-44)57-55(58-54)46-33-34-50-49-25-12-13-26-51(49)59(52(50)37-46,47-21-6-2-7-22-47)48-23-8-3-9-24-48/h1-37H. The van der Waals surface area contributed by atoms with Crippen LogP contribution in [0.5, 0.6) is 0 Å². The first kappa shape index (κ1) is 34.7. The molecule has 1 aliphatic heterocycles. The van der Waals surface area contributed by atoms with Crippen molar-refractivity contribution in [3.8, 4) is 67.5 Å². The topological polar surface area (TPSA) is 38.7 Å². The molecule has 1 aliphatic rings. The van der Waals surface area contributed by atoms with Crippen molar-refractivity contribution in [2.24, 2.45) is 0 Å². The Hall–Kier alpha value is -7.53. The molecule has 0 fully saturated rings. The summed E-state index contributed by atoms with van der Waals surface area (Å²) in [5.74, 6) is 1.93. The number of rotatable bonds is 7. The zero-order valence-corrected chi connectivity index (χ0v) is 33.2. The molecule has 11 rings (SSSR count). The van der Waals surface area contributed by atoms with E-state index in [1.54, 1.807) is 0 Å². The fraction of sp³-hybridized carbons (Fsp3) is 0. The molecule has 0 spiro atoms. The summed E-state index contributed by atoms with van der Waals surface area (Å²) in [6.07, 6.45) is 0. The third kappa shape index (κ3) is 6.01. The molecule has 4 heteroatoms. The Morgan fingerprint density at radius 2 is 0.712 bits per heavy atom. The second-order valence-electron chi connectivity index (χ2n) is 15.2. The predicted octanol–water partition coefficient (Wildman–Crippen LogP) is 10.7. The van der Waals surface area contributed by atoms with Gasteiger partial charge in [0.1, 0.15) is 0 Å². The molecule has 59 heavy (non-hydrogen) atoms. The number of hydrogen-bond acceptors (Lipinski definition) is 3. The number of fused-ring (bicyclic) bond motifs is 4. The van der Waals surface area contributed by atoms with E-state index in [2.05, 4.69) is 218 Å². The molecule has 0 bridgehead atoms. The van der Waals surface area contributed by atoms with Crippen LogP contribution in [0.4, 0.5) is 0 Å². The third-order valence-corrected chi connectivity index (χ3v) is 16.7. The molecule has 9 aromatic carbocycles. The fourth-order valence-electron chi connectivity index (χ4n) is 9.00. The Labute approximate surface area is 345 Å². The lowest BCUT2D eigenvalue weighted by molar-refractivity contribution is 1.07. The van der Waals surface area contributed by atoms with Gasteiger partial charge in [-0.2, -0.15) is 0 Å². The van der Waals surface area contributed by atoms with Gasteiger partial charge in [-0.3, -0.25) is 0 Å². The fourth-order valence-corrected chi connectivity index (χ4v) is 14.2. The molecule has 0 atom stereocenters. The van der Waals surface area contributed by atoms with Crippen LogP contribution in [0.1, 0.15) is 0 Å². The van der Waals surface area contributed by atoms with Gasteiger partial charge in [0, 0.05) is 16.7 Å². The van der Waals surface area contributed by atoms with E-state index in [9.17, 15) is 0 Å². The van der Waals surface area contributed by atoms with E-state index in [-0.39, 0.29) is 0 Å². The highest BCUT2D eigenvalue weighted by molar-refractivity contribution is 7.22. The summed E-state index contributed by atoms with van der Waals surface area (Å²) in [5.41, 5.74) is 10.0. The number of hydrogen-bond donors (Lipinski definition) is 0. The van der Waals surface area contributed by atoms with E-state index in [0.29, 0.717) is 17.5 Å². The molecule has 0 radical (unpaired) electrons. The minimum Gasteiger partial charge on any atom is -0.208 e. The van der Waals surface area contributed by atoms with Crippen LogP contribution in [0.25, 0.3) is 78.3 Å². The maximum atomic E-state index is 5.29. The van der Waals surface area contributed by atoms with Gasteiger partial charge in [0.15, 0.2) is 25.5 Å². The lowest BCUT2D eigenvalue weighted by atomic mass is 10.00. The van der Waals surface area contributed by atoms with Gasteiger partial charge < -0.3 is 0 Å². The lowest BCUT2D eigenvalue weighted by Gasteiger charge is -2.31. The van der Waals surface area contributed by atoms with Gasteiger partial charge in [-0.25, -0.2) is 15.0 Å². The largest absolute Gasteiger partial charge is 0.208 e. The molecule has 1 aromatic heterocycles.